The van der Waals surface area contributed by atoms with Crippen molar-refractivity contribution in [2.45, 2.75) is 24.6 Å². The van der Waals surface area contributed by atoms with Crippen molar-refractivity contribution in [3.05, 3.63) is 84.4 Å². The van der Waals surface area contributed by atoms with Gasteiger partial charge in [-0.1, -0.05) is 42.5 Å². The van der Waals surface area contributed by atoms with E-state index in [1.165, 1.54) is 6.08 Å². The van der Waals surface area contributed by atoms with Crippen LogP contribution in [-0.4, -0.2) is 54.9 Å². The molecule has 3 rings (SSSR count). The molecule has 0 aliphatic carbocycles. The maximum absolute atomic E-state index is 12.6. The molecule has 1 aliphatic heterocycles. The van der Waals surface area contributed by atoms with Gasteiger partial charge in [-0.05, 0) is 24.3 Å². The molecule has 1 aliphatic rings. The van der Waals surface area contributed by atoms with Gasteiger partial charge in [-0.25, -0.2) is 9.59 Å². The molecule has 0 aromatic heterocycles. The Morgan fingerprint density at radius 3 is 2.00 bits per heavy atom. The summed E-state index contributed by atoms with van der Waals surface area (Å²) in [6.07, 6.45) is -3.05. The summed E-state index contributed by atoms with van der Waals surface area (Å²) >= 11 is 0. The third-order valence-corrected chi connectivity index (χ3v) is 4.29. The van der Waals surface area contributed by atoms with E-state index in [0.29, 0.717) is 11.1 Å². The summed E-state index contributed by atoms with van der Waals surface area (Å²) in [5.74, 6) is -1.30. The third-order valence-electron chi connectivity index (χ3n) is 4.29. The van der Waals surface area contributed by atoms with E-state index < -0.39 is 36.5 Å². The second-order valence-corrected chi connectivity index (χ2v) is 6.36. The first kappa shape index (κ1) is 20.7. The summed E-state index contributed by atoms with van der Waals surface area (Å²) in [7, 11) is 0. The number of esters is 2. The fraction of sp³-hybridized carbons (Fsp3) is 0.273. The van der Waals surface area contributed by atoms with Gasteiger partial charge in [0.1, 0.15) is 6.10 Å². The molecule has 1 fully saturated rings. The van der Waals surface area contributed by atoms with Crippen molar-refractivity contribution in [1.29, 1.82) is 0 Å². The molecule has 7 heteroatoms. The first-order valence-corrected chi connectivity index (χ1v) is 9.14. The van der Waals surface area contributed by atoms with Crippen molar-refractivity contribution >= 4 is 11.9 Å². The number of carbonyl (C=O) groups is 2. The van der Waals surface area contributed by atoms with Crippen LogP contribution in [0.3, 0.4) is 0 Å². The normalized spacial score (nSPS) is 23.8. The molecule has 0 radical (unpaired) electrons. The second-order valence-electron chi connectivity index (χ2n) is 6.36. The number of hydrogen-bond acceptors (Lipinski definition) is 7. The average Bonchev–Trinajstić information content (AvgIpc) is 2.76. The van der Waals surface area contributed by atoms with Gasteiger partial charge in [-0.3, -0.25) is 0 Å². The second kappa shape index (κ2) is 9.97. The van der Waals surface area contributed by atoms with Gasteiger partial charge in [0, 0.05) is 0 Å². The molecule has 0 spiro atoms. The van der Waals surface area contributed by atoms with Crippen LogP contribution < -0.4 is 0 Å². The van der Waals surface area contributed by atoms with E-state index in [4.69, 9.17) is 18.9 Å². The molecular formula is C22H22O7. The molecule has 1 N–H and O–H groups in total. The van der Waals surface area contributed by atoms with E-state index in [1.807, 2.05) is 0 Å². The van der Waals surface area contributed by atoms with Crippen LogP contribution in [0.2, 0.25) is 0 Å². The molecule has 29 heavy (non-hydrogen) atoms. The van der Waals surface area contributed by atoms with Crippen molar-refractivity contribution in [2.24, 2.45) is 0 Å². The molecular weight excluding hydrogens is 376 g/mol. The molecule has 0 amide bonds. The fourth-order valence-corrected chi connectivity index (χ4v) is 2.86. The Kier molecular flexibility index (Phi) is 7.13. The fourth-order valence-electron chi connectivity index (χ4n) is 2.86. The zero-order valence-corrected chi connectivity index (χ0v) is 15.7. The number of carbonyl (C=O) groups excluding carboxylic acids is 2. The highest BCUT2D eigenvalue weighted by molar-refractivity contribution is 5.90. The maximum atomic E-state index is 12.6. The summed E-state index contributed by atoms with van der Waals surface area (Å²) in [4.78, 5) is 25.1. The summed E-state index contributed by atoms with van der Waals surface area (Å²) < 4.78 is 22.0. The lowest BCUT2D eigenvalue weighted by Gasteiger charge is -2.39. The molecule has 4 atom stereocenters. The molecule has 1 heterocycles. The molecule has 0 bridgehead atoms. The monoisotopic (exact) mass is 398 g/mol. The topological polar surface area (TPSA) is 91.3 Å². The van der Waals surface area contributed by atoms with Crippen LogP contribution in [0.15, 0.2) is 73.3 Å². The molecule has 152 valence electrons. The van der Waals surface area contributed by atoms with Gasteiger partial charge < -0.3 is 24.1 Å². The first-order chi connectivity index (χ1) is 14.1. The zero-order valence-electron chi connectivity index (χ0n) is 15.7. The molecule has 4 unspecified atom stereocenters. The predicted octanol–water partition coefficient (Wildman–Crippen LogP) is 2.36. The molecule has 1 saturated heterocycles. The van der Waals surface area contributed by atoms with Crippen LogP contribution in [0.5, 0.6) is 0 Å². The SMILES string of the molecule is C=CCOC1OCC(O)C(OC(=O)c2ccccc2)C1OC(=O)c1ccccc1. The van der Waals surface area contributed by atoms with Gasteiger partial charge >= 0.3 is 11.9 Å². The lowest BCUT2D eigenvalue weighted by Crippen LogP contribution is -2.57. The van der Waals surface area contributed by atoms with E-state index in [1.54, 1.807) is 60.7 Å². The minimum atomic E-state index is -1.19. The van der Waals surface area contributed by atoms with E-state index >= 15 is 0 Å². The Hall–Kier alpha value is -3.00. The summed E-state index contributed by atoms with van der Waals surface area (Å²) in [5, 5.41) is 10.4. The summed E-state index contributed by atoms with van der Waals surface area (Å²) in [6, 6.07) is 16.7. The predicted molar refractivity (Wildman–Crippen MR) is 103 cm³/mol. The van der Waals surface area contributed by atoms with Gasteiger partial charge in [0.2, 0.25) is 0 Å². The number of ether oxygens (including phenoxy) is 4. The summed E-state index contributed by atoms with van der Waals surface area (Å²) in [5.41, 5.74) is 0.617. The molecule has 2 aromatic rings. The molecule has 0 saturated carbocycles. The number of hydrogen-bond donors (Lipinski definition) is 1. The highest BCUT2D eigenvalue weighted by Gasteiger charge is 2.46. The number of aliphatic hydroxyl groups is 1. The van der Waals surface area contributed by atoms with E-state index in [9.17, 15) is 14.7 Å². The van der Waals surface area contributed by atoms with Crippen LogP contribution >= 0.6 is 0 Å². The number of benzene rings is 2. The van der Waals surface area contributed by atoms with Gasteiger partial charge in [0.05, 0.1) is 24.3 Å². The van der Waals surface area contributed by atoms with Crippen molar-refractivity contribution < 1.29 is 33.6 Å². The quantitative estimate of drug-likeness (QED) is 0.565. The Balaban J connectivity index is 1.81. The lowest BCUT2D eigenvalue weighted by molar-refractivity contribution is -0.265. The van der Waals surface area contributed by atoms with Crippen LogP contribution in [0, 0.1) is 0 Å². The Bertz CT molecular complexity index is 822. The van der Waals surface area contributed by atoms with Crippen molar-refractivity contribution in [3.63, 3.8) is 0 Å². The standard InChI is InChI=1S/C22H22O7/c1-2-13-26-22-19(29-21(25)16-11-7-4-8-12-16)18(17(23)14-27-22)28-20(24)15-9-5-3-6-10-15/h2-12,17-19,22-23H,1,13-14H2. The Morgan fingerprint density at radius 1 is 0.966 bits per heavy atom. The van der Waals surface area contributed by atoms with E-state index in [2.05, 4.69) is 6.58 Å². The largest absolute Gasteiger partial charge is 0.452 e. The van der Waals surface area contributed by atoms with Crippen molar-refractivity contribution in [3.8, 4) is 0 Å². The van der Waals surface area contributed by atoms with Gasteiger partial charge in [0.15, 0.2) is 18.5 Å². The van der Waals surface area contributed by atoms with Crippen LogP contribution in [0.1, 0.15) is 20.7 Å². The highest BCUT2D eigenvalue weighted by atomic mass is 16.7. The smallest absolute Gasteiger partial charge is 0.338 e. The van der Waals surface area contributed by atoms with Crippen LogP contribution in [0.25, 0.3) is 0 Å². The Morgan fingerprint density at radius 2 is 1.48 bits per heavy atom. The highest BCUT2D eigenvalue weighted by Crippen LogP contribution is 2.25. The average molecular weight is 398 g/mol. The van der Waals surface area contributed by atoms with Crippen LogP contribution in [0.4, 0.5) is 0 Å². The maximum Gasteiger partial charge on any atom is 0.338 e. The minimum Gasteiger partial charge on any atom is -0.452 e. The molecule has 2 aromatic carbocycles. The zero-order chi connectivity index (χ0) is 20.6. The summed E-state index contributed by atoms with van der Waals surface area (Å²) in [6.45, 7) is 3.56. The van der Waals surface area contributed by atoms with Gasteiger partial charge in [0.25, 0.3) is 0 Å². The molecule has 7 nitrogen and oxygen atoms in total. The van der Waals surface area contributed by atoms with E-state index in [0.717, 1.165) is 0 Å². The van der Waals surface area contributed by atoms with Gasteiger partial charge in [-0.2, -0.15) is 0 Å². The third kappa shape index (κ3) is 5.29. The van der Waals surface area contributed by atoms with Crippen molar-refractivity contribution in [2.75, 3.05) is 13.2 Å². The van der Waals surface area contributed by atoms with Gasteiger partial charge in [-0.15, -0.1) is 6.58 Å². The van der Waals surface area contributed by atoms with Crippen molar-refractivity contribution in [1.82, 2.24) is 0 Å². The minimum absolute atomic E-state index is 0.125. The lowest BCUT2D eigenvalue weighted by atomic mass is 10.0. The Labute approximate surface area is 168 Å². The number of aliphatic hydroxyl groups excluding tert-OH is 1. The number of rotatable bonds is 7. The first-order valence-electron chi connectivity index (χ1n) is 9.14. The van der Waals surface area contributed by atoms with E-state index in [-0.39, 0.29) is 13.2 Å². The van der Waals surface area contributed by atoms with Crippen LogP contribution in [-0.2, 0) is 18.9 Å².